The zero-order valence-corrected chi connectivity index (χ0v) is 18.1. The average Bonchev–Trinajstić information content (AvgIpc) is 3.38. The fourth-order valence-electron chi connectivity index (χ4n) is 4.38. The number of amides is 1. The number of piperidine rings is 1. The summed E-state index contributed by atoms with van der Waals surface area (Å²) in [6, 6.07) is 0. The maximum absolute atomic E-state index is 13.5. The van der Waals surface area contributed by atoms with Crippen molar-refractivity contribution in [2.24, 2.45) is 0 Å². The molecule has 5 heterocycles. The Labute approximate surface area is 178 Å². The zero-order chi connectivity index (χ0) is 20.9. The molecule has 0 aliphatic carbocycles. The average molecular weight is 426 g/mol. The van der Waals surface area contributed by atoms with E-state index in [9.17, 15) is 4.79 Å². The van der Waals surface area contributed by atoms with E-state index >= 15 is 0 Å². The molecule has 3 aromatic heterocycles. The first-order chi connectivity index (χ1) is 14.5. The molecule has 156 valence electrons. The summed E-state index contributed by atoms with van der Waals surface area (Å²) < 4.78 is 7.85. The first kappa shape index (κ1) is 19.3. The highest BCUT2D eigenvalue weighted by atomic mass is 32.1. The Morgan fingerprint density at radius 3 is 2.77 bits per heavy atom. The van der Waals surface area contributed by atoms with E-state index in [-0.39, 0.29) is 5.91 Å². The molecule has 1 spiro atoms. The molecule has 0 unspecified atom stereocenters. The van der Waals surface area contributed by atoms with Crippen molar-refractivity contribution in [1.29, 1.82) is 0 Å². The second-order valence-corrected chi connectivity index (χ2v) is 9.10. The molecule has 1 amide bonds. The van der Waals surface area contributed by atoms with Gasteiger partial charge in [0.15, 0.2) is 0 Å². The lowest BCUT2D eigenvalue weighted by molar-refractivity contribution is -0.0968. The second-order valence-electron chi connectivity index (χ2n) is 7.89. The Hall–Kier alpha value is -2.72. The van der Waals surface area contributed by atoms with Crippen LogP contribution in [0.3, 0.4) is 0 Å². The topological polar surface area (TPSA) is 98.9 Å². The van der Waals surface area contributed by atoms with Gasteiger partial charge in [-0.05, 0) is 61.6 Å². The predicted octanol–water partition coefficient (Wildman–Crippen LogP) is 2.14. The number of ether oxygens (including phenoxy) is 1. The van der Waals surface area contributed by atoms with E-state index in [4.69, 9.17) is 9.72 Å². The monoisotopic (exact) mass is 425 g/mol. The first-order valence-corrected chi connectivity index (χ1v) is 10.9. The van der Waals surface area contributed by atoms with Crippen molar-refractivity contribution in [2.45, 2.75) is 45.6 Å². The number of fused-ring (bicyclic) bond motifs is 2. The lowest BCUT2D eigenvalue weighted by Gasteiger charge is -2.44. The highest BCUT2D eigenvalue weighted by Gasteiger charge is 2.43. The van der Waals surface area contributed by atoms with Crippen LogP contribution in [0.4, 0.5) is 0 Å². The normalized spacial score (nSPS) is 17.9. The van der Waals surface area contributed by atoms with Crippen molar-refractivity contribution in [2.75, 3.05) is 19.7 Å². The number of aromatic nitrogens is 6. The van der Waals surface area contributed by atoms with E-state index in [0.717, 1.165) is 51.8 Å². The van der Waals surface area contributed by atoms with Gasteiger partial charge in [-0.1, -0.05) is 0 Å². The molecule has 0 atom stereocenters. The summed E-state index contributed by atoms with van der Waals surface area (Å²) in [5.74, 6) is 0.777. The van der Waals surface area contributed by atoms with Crippen molar-refractivity contribution in [3.63, 3.8) is 0 Å². The third-order valence-electron chi connectivity index (χ3n) is 6.16. The van der Waals surface area contributed by atoms with Crippen LogP contribution >= 0.6 is 11.3 Å². The third kappa shape index (κ3) is 3.02. The van der Waals surface area contributed by atoms with E-state index in [1.165, 1.54) is 17.7 Å². The minimum absolute atomic E-state index is 0.0205. The van der Waals surface area contributed by atoms with E-state index in [1.54, 1.807) is 4.68 Å². The van der Waals surface area contributed by atoms with E-state index in [0.29, 0.717) is 25.3 Å². The van der Waals surface area contributed by atoms with Crippen LogP contribution in [0.25, 0.3) is 5.00 Å². The molecule has 10 heteroatoms. The molecule has 2 aliphatic heterocycles. The van der Waals surface area contributed by atoms with Gasteiger partial charge in [-0.15, -0.1) is 16.4 Å². The summed E-state index contributed by atoms with van der Waals surface area (Å²) in [7, 11) is 0. The number of rotatable bonds is 2. The number of tetrazole rings is 1. The maximum atomic E-state index is 13.5. The van der Waals surface area contributed by atoms with Gasteiger partial charge in [0, 0.05) is 24.2 Å². The Morgan fingerprint density at radius 1 is 1.23 bits per heavy atom. The molecular formula is C20H23N7O2S. The smallest absolute Gasteiger partial charge is 0.257 e. The molecule has 0 radical (unpaired) electrons. The summed E-state index contributed by atoms with van der Waals surface area (Å²) in [5, 5.41) is 12.2. The summed E-state index contributed by atoms with van der Waals surface area (Å²) in [6.07, 6.45) is 5.74. The highest BCUT2D eigenvalue weighted by Crippen LogP contribution is 2.41. The minimum atomic E-state index is -0.420. The van der Waals surface area contributed by atoms with E-state index in [2.05, 4.69) is 20.5 Å². The van der Waals surface area contributed by atoms with Gasteiger partial charge in [0.05, 0.1) is 17.9 Å². The fourth-order valence-corrected chi connectivity index (χ4v) is 5.45. The SMILES string of the molecule is Cc1ncc2c(n1)C1(CCN(C(=O)c3c(-n4cnnn4)sc(C)c3C)CC1)OCC2. The summed E-state index contributed by atoms with van der Waals surface area (Å²) in [6.45, 7) is 7.81. The van der Waals surface area contributed by atoms with E-state index < -0.39 is 5.60 Å². The molecule has 5 rings (SSSR count). The number of nitrogens with zero attached hydrogens (tertiary/aromatic N) is 7. The van der Waals surface area contributed by atoms with Gasteiger partial charge in [-0.25, -0.2) is 9.97 Å². The number of likely N-dealkylation sites (tertiary alicyclic amines) is 1. The second kappa shape index (κ2) is 7.21. The number of aryl methyl sites for hydroxylation is 2. The Bertz CT molecular complexity index is 1100. The molecule has 1 saturated heterocycles. The molecule has 0 saturated carbocycles. The lowest BCUT2D eigenvalue weighted by Crippen LogP contribution is -2.49. The zero-order valence-electron chi connectivity index (χ0n) is 17.3. The molecule has 0 aromatic carbocycles. The molecule has 0 bridgehead atoms. The van der Waals surface area contributed by atoms with Gasteiger partial charge in [-0.3, -0.25) is 4.79 Å². The van der Waals surface area contributed by atoms with Crippen LogP contribution in [0, 0.1) is 20.8 Å². The summed E-state index contributed by atoms with van der Waals surface area (Å²) in [5.41, 5.74) is 3.42. The molecule has 3 aromatic rings. The summed E-state index contributed by atoms with van der Waals surface area (Å²) in [4.78, 5) is 25.6. The van der Waals surface area contributed by atoms with Crippen molar-refractivity contribution >= 4 is 17.2 Å². The predicted molar refractivity (Wildman–Crippen MR) is 110 cm³/mol. The Morgan fingerprint density at radius 2 is 2.03 bits per heavy atom. The van der Waals surface area contributed by atoms with Gasteiger partial charge in [0.25, 0.3) is 5.91 Å². The molecule has 0 N–H and O–H groups in total. The van der Waals surface area contributed by atoms with Crippen molar-refractivity contribution in [3.05, 3.63) is 45.6 Å². The van der Waals surface area contributed by atoms with Crippen LogP contribution in [0.5, 0.6) is 0 Å². The lowest BCUT2D eigenvalue weighted by atomic mass is 9.83. The first-order valence-electron chi connectivity index (χ1n) is 10.1. The number of thiophene rings is 1. The maximum Gasteiger partial charge on any atom is 0.257 e. The largest absolute Gasteiger partial charge is 0.368 e. The van der Waals surface area contributed by atoms with E-state index in [1.807, 2.05) is 31.9 Å². The van der Waals surface area contributed by atoms with Crippen LogP contribution in [0.1, 0.15) is 50.7 Å². The van der Waals surface area contributed by atoms with Gasteiger partial charge in [0.1, 0.15) is 22.8 Å². The standard InChI is InChI=1S/C20H23N7O2S/c1-12-13(2)30-19(27-11-22-24-25-27)16(12)18(28)26-7-5-20(6-8-26)17-15(4-9-29-20)10-21-14(3)23-17/h10-11H,4-9H2,1-3H3. The van der Waals surface area contributed by atoms with Crippen molar-refractivity contribution in [1.82, 2.24) is 35.1 Å². The Balaban J connectivity index is 1.42. The molecule has 1 fully saturated rings. The van der Waals surface area contributed by atoms with Gasteiger partial charge in [-0.2, -0.15) is 4.68 Å². The quantitative estimate of drug-likeness (QED) is 0.620. The highest BCUT2D eigenvalue weighted by molar-refractivity contribution is 7.15. The minimum Gasteiger partial charge on any atom is -0.368 e. The van der Waals surface area contributed by atoms with Crippen LogP contribution in [-0.2, 0) is 16.8 Å². The van der Waals surface area contributed by atoms with Crippen molar-refractivity contribution < 1.29 is 9.53 Å². The van der Waals surface area contributed by atoms with Crippen LogP contribution in [0.2, 0.25) is 0 Å². The number of hydrogen-bond donors (Lipinski definition) is 0. The van der Waals surface area contributed by atoms with Crippen molar-refractivity contribution in [3.8, 4) is 5.00 Å². The number of hydrogen-bond acceptors (Lipinski definition) is 8. The van der Waals surface area contributed by atoms with Crippen LogP contribution in [-0.4, -0.2) is 60.7 Å². The van der Waals surface area contributed by atoms with Crippen LogP contribution < -0.4 is 0 Å². The summed E-state index contributed by atoms with van der Waals surface area (Å²) >= 11 is 1.54. The molecule has 9 nitrogen and oxygen atoms in total. The van der Waals surface area contributed by atoms with Crippen LogP contribution in [0.15, 0.2) is 12.5 Å². The fraction of sp³-hybridized carbons (Fsp3) is 0.500. The van der Waals surface area contributed by atoms with Gasteiger partial charge >= 0.3 is 0 Å². The molecule has 2 aliphatic rings. The third-order valence-corrected chi connectivity index (χ3v) is 7.36. The van der Waals surface area contributed by atoms with Gasteiger partial charge in [0.2, 0.25) is 0 Å². The molecule has 30 heavy (non-hydrogen) atoms. The number of carbonyl (C=O) groups excluding carboxylic acids is 1. The molecular weight excluding hydrogens is 402 g/mol. The Kier molecular flexibility index (Phi) is 4.62. The number of carbonyl (C=O) groups is 1. The van der Waals surface area contributed by atoms with Gasteiger partial charge < -0.3 is 9.64 Å².